The standard InChI is InChI=1S/C25H29N3O4/c1-2-32-21-13-9-18(10-14-21)22-5-3-16-28(22)24(30)17-26-25(31)19-7-11-20(12-8-19)27-15-4-6-23(27)29/h7-14,22H,2-6,15-17H2,1H3,(H,26,31). The number of carbonyl (C=O) groups excluding carboxylic acids is 3. The van der Waals surface area contributed by atoms with Crippen LogP contribution in [-0.2, 0) is 9.59 Å². The molecule has 0 radical (unpaired) electrons. The highest BCUT2D eigenvalue weighted by Gasteiger charge is 2.30. The van der Waals surface area contributed by atoms with Crippen molar-refractivity contribution in [1.29, 1.82) is 0 Å². The lowest BCUT2D eigenvalue weighted by molar-refractivity contribution is -0.131. The van der Waals surface area contributed by atoms with Gasteiger partial charge in [0.1, 0.15) is 5.75 Å². The number of carbonyl (C=O) groups is 3. The van der Waals surface area contributed by atoms with E-state index in [1.165, 1.54) is 0 Å². The number of likely N-dealkylation sites (tertiary alicyclic amines) is 1. The molecule has 168 valence electrons. The average Bonchev–Trinajstić information content (AvgIpc) is 3.47. The molecule has 2 aromatic carbocycles. The van der Waals surface area contributed by atoms with Gasteiger partial charge < -0.3 is 19.9 Å². The largest absolute Gasteiger partial charge is 0.494 e. The van der Waals surface area contributed by atoms with Crippen molar-refractivity contribution in [2.75, 3.05) is 31.1 Å². The molecule has 2 aliphatic rings. The van der Waals surface area contributed by atoms with Crippen molar-refractivity contribution in [1.82, 2.24) is 10.2 Å². The van der Waals surface area contributed by atoms with E-state index in [1.54, 1.807) is 29.2 Å². The molecule has 3 amide bonds. The highest BCUT2D eigenvalue weighted by atomic mass is 16.5. The molecule has 32 heavy (non-hydrogen) atoms. The quantitative estimate of drug-likeness (QED) is 0.724. The summed E-state index contributed by atoms with van der Waals surface area (Å²) in [6.07, 6.45) is 3.27. The van der Waals surface area contributed by atoms with Gasteiger partial charge in [0.2, 0.25) is 11.8 Å². The van der Waals surface area contributed by atoms with Gasteiger partial charge in [-0.3, -0.25) is 14.4 Å². The van der Waals surface area contributed by atoms with Crippen LogP contribution in [0.4, 0.5) is 5.69 Å². The third-order valence-electron chi connectivity index (χ3n) is 6.06. The Morgan fingerprint density at radius 2 is 1.78 bits per heavy atom. The molecule has 0 spiro atoms. The molecule has 2 saturated heterocycles. The first kappa shape index (κ1) is 21.9. The van der Waals surface area contributed by atoms with Gasteiger partial charge in [0.15, 0.2) is 0 Å². The molecule has 7 heteroatoms. The van der Waals surface area contributed by atoms with Crippen LogP contribution in [0.25, 0.3) is 0 Å². The lowest BCUT2D eigenvalue weighted by atomic mass is 10.0. The molecule has 2 fully saturated rings. The average molecular weight is 436 g/mol. The number of nitrogens with zero attached hydrogens (tertiary/aromatic N) is 2. The first-order valence-electron chi connectivity index (χ1n) is 11.3. The fourth-order valence-corrected chi connectivity index (χ4v) is 4.44. The number of ether oxygens (including phenoxy) is 1. The molecule has 1 N–H and O–H groups in total. The van der Waals surface area contributed by atoms with Crippen LogP contribution in [0, 0.1) is 0 Å². The number of benzene rings is 2. The number of amides is 3. The van der Waals surface area contributed by atoms with E-state index in [-0.39, 0.29) is 30.3 Å². The fraction of sp³-hybridized carbons (Fsp3) is 0.400. The van der Waals surface area contributed by atoms with E-state index in [9.17, 15) is 14.4 Å². The van der Waals surface area contributed by atoms with Gasteiger partial charge in [0, 0.05) is 30.8 Å². The van der Waals surface area contributed by atoms with E-state index in [2.05, 4.69) is 5.32 Å². The smallest absolute Gasteiger partial charge is 0.251 e. The first-order chi connectivity index (χ1) is 15.6. The van der Waals surface area contributed by atoms with Crippen molar-refractivity contribution in [2.45, 2.75) is 38.6 Å². The van der Waals surface area contributed by atoms with E-state index >= 15 is 0 Å². The van der Waals surface area contributed by atoms with Crippen LogP contribution in [0.1, 0.15) is 54.6 Å². The molecule has 1 atom stereocenters. The fourth-order valence-electron chi connectivity index (χ4n) is 4.44. The van der Waals surface area contributed by atoms with E-state index < -0.39 is 0 Å². The highest BCUT2D eigenvalue weighted by Crippen LogP contribution is 2.32. The maximum Gasteiger partial charge on any atom is 0.251 e. The summed E-state index contributed by atoms with van der Waals surface area (Å²) in [7, 11) is 0. The molecule has 0 aromatic heterocycles. The zero-order chi connectivity index (χ0) is 22.5. The predicted octanol–water partition coefficient (Wildman–Crippen LogP) is 3.31. The van der Waals surface area contributed by atoms with Crippen molar-refractivity contribution in [2.24, 2.45) is 0 Å². The monoisotopic (exact) mass is 435 g/mol. The van der Waals surface area contributed by atoms with Gasteiger partial charge in [-0.1, -0.05) is 12.1 Å². The molecule has 7 nitrogen and oxygen atoms in total. The number of rotatable bonds is 7. The van der Waals surface area contributed by atoms with Crippen LogP contribution < -0.4 is 15.0 Å². The van der Waals surface area contributed by atoms with E-state index in [4.69, 9.17) is 4.74 Å². The van der Waals surface area contributed by atoms with Crippen molar-refractivity contribution in [3.63, 3.8) is 0 Å². The van der Waals surface area contributed by atoms with Crippen LogP contribution in [0.5, 0.6) is 5.75 Å². The maximum absolute atomic E-state index is 12.8. The normalized spacial score (nSPS) is 18.2. The summed E-state index contributed by atoms with van der Waals surface area (Å²) >= 11 is 0. The van der Waals surface area contributed by atoms with Crippen LogP contribution >= 0.6 is 0 Å². The lowest BCUT2D eigenvalue weighted by Crippen LogP contribution is -2.39. The van der Waals surface area contributed by atoms with E-state index in [1.807, 2.05) is 36.1 Å². The Morgan fingerprint density at radius 3 is 2.44 bits per heavy atom. The van der Waals surface area contributed by atoms with Gasteiger partial charge >= 0.3 is 0 Å². The predicted molar refractivity (Wildman–Crippen MR) is 122 cm³/mol. The summed E-state index contributed by atoms with van der Waals surface area (Å²) in [5.74, 6) is 0.545. The second-order valence-corrected chi connectivity index (χ2v) is 8.13. The number of hydrogen-bond donors (Lipinski definition) is 1. The number of nitrogens with one attached hydrogen (secondary N) is 1. The molecule has 0 bridgehead atoms. The summed E-state index contributed by atoms with van der Waals surface area (Å²) in [4.78, 5) is 40.8. The van der Waals surface area contributed by atoms with Gasteiger partial charge in [-0.15, -0.1) is 0 Å². The Kier molecular flexibility index (Phi) is 6.73. The number of anilines is 1. The van der Waals surface area contributed by atoms with Gasteiger partial charge in [0.25, 0.3) is 5.91 Å². The van der Waals surface area contributed by atoms with Crippen LogP contribution in [0.3, 0.4) is 0 Å². The second kappa shape index (κ2) is 9.85. The minimum absolute atomic E-state index is 0.0207. The molecule has 1 unspecified atom stereocenters. The van der Waals surface area contributed by atoms with Gasteiger partial charge in [0.05, 0.1) is 19.2 Å². The minimum atomic E-state index is -0.297. The van der Waals surface area contributed by atoms with Gasteiger partial charge in [-0.05, 0) is 68.1 Å². The van der Waals surface area contributed by atoms with Crippen molar-refractivity contribution in [3.05, 3.63) is 59.7 Å². The Hall–Kier alpha value is -3.35. The molecule has 0 saturated carbocycles. The minimum Gasteiger partial charge on any atom is -0.494 e. The molecular weight excluding hydrogens is 406 g/mol. The molecule has 2 aromatic rings. The zero-order valence-corrected chi connectivity index (χ0v) is 18.4. The Bertz CT molecular complexity index is 972. The van der Waals surface area contributed by atoms with E-state index in [0.717, 1.165) is 36.3 Å². The number of hydrogen-bond acceptors (Lipinski definition) is 4. The topological polar surface area (TPSA) is 79.0 Å². The van der Waals surface area contributed by atoms with Gasteiger partial charge in [-0.25, -0.2) is 0 Å². The molecular formula is C25H29N3O4. The van der Waals surface area contributed by atoms with Crippen molar-refractivity contribution >= 4 is 23.4 Å². The molecule has 0 aliphatic carbocycles. The molecule has 2 heterocycles. The first-order valence-corrected chi connectivity index (χ1v) is 11.3. The summed E-state index contributed by atoms with van der Waals surface area (Å²) in [5, 5.41) is 2.74. The summed E-state index contributed by atoms with van der Waals surface area (Å²) in [5.41, 5.74) is 2.35. The molecule has 4 rings (SSSR count). The summed E-state index contributed by atoms with van der Waals surface area (Å²) in [6, 6.07) is 14.8. The van der Waals surface area contributed by atoms with Crippen LogP contribution in [-0.4, -0.2) is 48.9 Å². The molecule has 2 aliphatic heterocycles. The maximum atomic E-state index is 12.8. The van der Waals surface area contributed by atoms with Crippen molar-refractivity contribution in [3.8, 4) is 5.75 Å². The van der Waals surface area contributed by atoms with Crippen LogP contribution in [0.2, 0.25) is 0 Å². The van der Waals surface area contributed by atoms with Crippen LogP contribution in [0.15, 0.2) is 48.5 Å². The van der Waals surface area contributed by atoms with Gasteiger partial charge in [-0.2, -0.15) is 0 Å². The second-order valence-electron chi connectivity index (χ2n) is 8.13. The highest BCUT2D eigenvalue weighted by molar-refractivity contribution is 5.98. The summed E-state index contributed by atoms with van der Waals surface area (Å²) in [6.45, 7) is 3.92. The summed E-state index contributed by atoms with van der Waals surface area (Å²) < 4.78 is 5.50. The SMILES string of the molecule is CCOc1ccc(C2CCCN2C(=O)CNC(=O)c2ccc(N3CCCC3=O)cc2)cc1. The Morgan fingerprint density at radius 1 is 1.03 bits per heavy atom. The third kappa shape index (κ3) is 4.77. The third-order valence-corrected chi connectivity index (χ3v) is 6.06. The lowest BCUT2D eigenvalue weighted by Gasteiger charge is -2.25. The Labute approximate surface area is 188 Å². The zero-order valence-electron chi connectivity index (χ0n) is 18.4. The van der Waals surface area contributed by atoms with Crippen molar-refractivity contribution < 1.29 is 19.1 Å². The Balaban J connectivity index is 1.33. The van der Waals surface area contributed by atoms with E-state index in [0.29, 0.717) is 31.7 Å².